The molecular weight excluding hydrogens is 242 g/mol. The fraction of sp³-hybridized carbons (Fsp3) is 0.500. The van der Waals surface area contributed by atoms with Crippen LogP contribution in [0.3, 0.4) is 0 Å². The third-order valence-electron chi connectivity index (χ3n) is 3.63. The van der Waals surface area contributed by atoms with Gasteiger partial charge in [0.1, 0.15) is 5.82 Å². The monoisotopic (exact) mass is 261 g/mol. The Morgan fingerprint density at radius 1 is 1.44 bits per heavy atom. The molecule has 0 radical (unpaired) electrons. The van der Waals surface area contributed by atoms with Gasteiger partial charge in [0.15, 0.2) is 0 Å². The number of nitrogens with two attached hydrogens (primary N) is 1. The summed E-state index contributed by atoms with van der Waals surface area (Å²) in [7, 11) is 0. The van der Waals surface area contributed by atoms with Crippen LogP contribution in [-0.4, -0.2) is 20.9 Å². The molecule has 1 atom stereocenters. The van der Waals surface area contributed by atoms with Crippen molar-refractivity contribution in [1.29, 1.82) is 0 Å². The maximum Gasteiger partial charge on any atom is 0.113 e. The van der Waals surface area contributed by atoms with Crippen LogP contribution in [0.15, 0.2) is 24.5 Å². The summed E-state index contributed by atoms with van der Waals surface area (Å²) in [5.41, 5.74) is 8.05. The van der Waals surface area contributed by atoms with E-state index in [2.05, 4.69) is 39.5 Å². The topological polar surface area (TPSA) is 43.3 Å². The van der Waals surface area contributed by atoms with Gasteiger partial charge in [-0.05, 0) is 41.9 Å². The van der Waals surface area contributed by atoms with Gasteiger partial charge in [0.05, 0.1) is 11.7 Å². The largest absolute Gasteiger partial charge is 0.326 e. The number of fused-ring (bicyclic) bond motifs is 1. The summed E-state index contributed by atoms with van der Waals surface area (Å²) in [6, 6.07) is 4.19. The van der Waals surface area contributed by atoms with Crippen molar-refractivity contribution in [3.63, 3.8) is 0 Å². The molecule has 18 heavy (non-hydrogen) atoms. The van der Waals surface area contributed by atoms with Crippen molar-refractivity contribution in [3.8, 4) is 0 Å². The van der Waals surface area contributed by atoms with Gasteiger partial charge in [-0.3, -0.25) is 0 Å². The first-order valence-electron chi connectivity index (χ1n) is 6.59. The average molecular weight is 261 g/mol. The maximum absolute atomic E-state index is 5.71. The summed E-state index contributed by atoms with van der Waals surface area (Å²) in [6.07, 6.45) is 7.89. The number of thioether (sulfide) groups is 1. The summed E-state index contributed by atoms with van der Waals surface area (Å²) in [5.74, 6) is 4.59. The van der Waals surface area contributed by atoms with E-state index in [0.29, 0.717) is 6.54 Å². The van der Waals surface area contributed by atoms with Crippen molar-refractivity contribution in [2.24, 2.45) is 11.7 Å². The van der Waals surface area contributed by atoms with Crippen molar-refractivity contribution < 1.29 is 0 Å². The molecule has 96 valence electrons. The van der Waals surface area contributed by atoms with Crippen molar-refractivity contribution in [2.75, 3.05) is 11.5 Å². The van der Waals surface area contributed by atoms with Gasteiger partial charge in [-0.2, -0.15) is 11.8 Å². The first kappa shape index (κ1) is 12.1. The van der Waals surface area contributed by atoms with E-state index in [1.165, 1.54) is 41.3 Å². The Hall–Kier alpha value is -1.00. The second-order valence-electron chi connectivity index (χ2n) is 5.00. The van der Waals surface area contributed by atoms with Crippen LogP contribution < -0.4 is 5.73 Å². The SMILES string of the molecule is NCc1ccc2cnc(CC3CCCSC3)n2c1. The normalized spacial score (nSPS) is 20.4. The molecule has 2 N–H and O–H groups in total. The summed E-state index contributed by atoms with van der Waals surface area (Å²) < 4.78 is 2.21. The fourth-order valence-electron chi connectivity index (χ4n) is 2.59. The molecule has 3 rings (SSSR count). The van der Waals surface area contributed by atoms with E-state index >= 15 is 0 Å². The van der Waals surface area contributed by atoms with E-state index in [0.717, 1.165) is 12.3 Å². The van der Waals surface area contributed by atoms with E-state index in [9.17, 15) is 0 Å². The zero-order valence-electron chi connectivity index (χ0n) is 10.5. The number of rotatable bonds is 3. The molecule has 1 aliphatic heterocycles. The quantitative estimate of drug-likeness (QED) is 0.923. The van der Waals surface area contributed by atoms with Gasteiger partial charge >= 0.3 is 0 Å². The number of nitrogens with zero attached hydrogens (tertiary/aromatic N) is 2. The highest BCUT2D eigenvalue weighted by molar-refractivity contribution is 7.99. The minimum absolute atomic E-state index is 0.590. The van der Waals surface area contributed by atoms with Crippen LogP contribution in [0.4, 0.5) is 0 Å². The lowest BCUT2D eigenvalue weighted by Crippen LogP contribution is -2.15. The van der Waals surface area contributed by atoms with Gasteiger partial charge in [0.2, 0.25) is 0 Å². The lowest BCUT2D eigenvalue weighted by molar-refractivity contribution is 0.507. The molecule has 0 bridgehead atoms. The molecule has 0 saturated carbocycles. The van der Waals surface area contributed by atoms with Crippen molar-refractivity contribution in [1.82, 2.24) is 9.38 Å². The molecule has 3 nitrogen and oxygen atoms in total. The van der Waals surface area contributed by atoms with E-state index in [1.54, 1.807) is 0 Å². The molecular formula is C14H19N3S. The number of imidazole rings is 1. The van der Waals surface area contributed by atoms with Crippen molar-refractivity contribution in [2.45, 2.75) is 25.8 Å². The zero-order valence-corrected chi connectivity index (χ0v) is 11.3. The Balaban J connectivity index is 1.86. The molecule has 1 saturated heterocycles. The van der Waals surface area contributed by atoms with E-state index in [-0.39, 0.29) is 0 Å². The van der Waals surface area contributed by atoms with Gasteiger partial charge in [0, 0.05) is 19.2 Å². The number of pyridine rings is 1. The van der Waals surface area contributed by atoms with E-state index in [4.69, 9.17) is 5.73 Å². The van der Waals surface area contributed by atoms with Crippen LogP contribution in [0, 0.1) is 5.92 Å². The molecule has 1 fully saturated rings. The molecule has 1 unspecified atom stereocenters. The molecule has 0 amide bonds. The summed E-state index contributed by atoms with van der Waals surface area (Å²) in [4.78, 5) is 4.58. The smallest absolute Gasteiger partial charge is 0.113 e. The van der Waals surface area contributed by atoms with Gasteiger partial charge < -0.3 is 10.1 Å². The van der Waals surface area contributed by atoms with Crippen LogP contribution in [0.1, 0.15) is 24.2 Å². The third-order valence-corrected chi connectivity index (χ3v) is 4.91. The molecule has 0 spiro atoms. The van der Waals surface area contributed by atoms with Gasteiger partial charge in [-0.25, -0.2) is 4.98 Å². The standard InChI is InChI=1S/C14H19N3S/c15-7-12-3-4-13-8-16-14(17(13)9-12)6-11-2-1-5-18-10-11/h3-4,8-9,11H,1-2,5-7,10,15H2. The Labute approximate surface area is 112 Å². The molecule has 2 aromatic heterocycles. The molecule has 0 aliphatic carbocycles. The molecule has 3 heterocycles. The summed E-state index contributed by atoms with van der Waals surface area (Å²) >= 11 is 2.08. The second kappa shape index (κ2) is 5.33. The highest BCUT2D eigenvalue weighted by Gasteiger charge is 2.16. The number of hydrogen-bond acceptors (Lipinski definition) is 3. The lowest BCUT2D eigenvalue weighted by atomic mass is 10.0. The number of hydrogen-bond donors (Lipinski definition) is 1. The average Bonchev–Trinajstić information content (AvgIpc) is 2.82. The Kier molecular flexibility index (Phi) is 3.57. The van der Waals surface area contributed by atoms with Gasteiger partial charge in [0.25, 0.3) is 0 Å². The molecule has 0 aromatic carbocycles. The fourth-order valence-corrected chi connectivity index (χ4v) is 3.74. The number of aromatic nitrogens is 2. The van der Waals surface area contributed by atoms with Crippen molar-refractivity contribution >= 4 is 17.3 Å². The molecule has 1 aliphatic rings. The molecule has 4 heteroatoms. The Morgan fingerprint density at radius 3 is 3.17 bits per heavy atom. The summed E-state index contributed by atoms with van der Waals surface area (Å²) in [5, 5.41) is 0. The van der Waals surface area contributed by atoms with Gasteiger partial charge in [-0.1, -0.05) is 6.07 Å². The van der Waals surface area contributed by atoms with E-state index in [1.807, 2.05) is 6.20 Å². The first-order valence-corrected chi connectivity index (χ1v) is 7.75. The first-order chi connectivity index (χ1) is 8.86. The lowest BCUT2D eigenvalue weighted by Gasteiger charge is -2.20. The van der Waals surface area contributed by atoms with Crippen LogP contribution in [0.25, 0.3) is 5.52 Å². The predicted molar refractivity (Wildman–Crippen MR) is 76.8 cm³/mol. The minimum Gasteiger partial charge on any atom is -0.326 e. The van der Waals surface area contributed by atoms with Crippen LogP contribution in [0.2, 0.25) is 0 Å². The highest BCUT2D eigenvalue weighted by atomic mass is 32.2. The maximum atomic E-state index is 5.71. The minimum atomic E-state index is 0.590. The van der Waals surface area contributed by atoms with Crippen LogP contribution in [0.5, 0.6) is 0 Å². The Morgan fingerprint density at radius 2 is 2.39 bits per heavy atom. The third kappa shape index (κ3) is 2.40. The predicted octanol–water partition coefficient (Wildman–Crippen LogP) is 2.48. The molecule has 2 aromatic rings. The van der Waals surface area contributed by atoms with E-state index < -0.39 is 0 Å². The van der Waals surface area contributed by atoms with Gasteiger partial charge in [-0.15, -0.1) is 0 Å². The van der Waals surface area contributed by atoms with Crippen LogP contribution >= 0.6 is 11.8 Å². The second-order valence-corrected chi connectivity index (χ2v) is 6.15. The Bertz CT molecular complexity index is 529. The zero-order chi connectivity index (χ0) is 12.4. The van der Waals surface area contributed by atoms with Crippen LogP contribution in [-0.2, 0) is 13.0 Å². The highest BCUT2D eigenvalue weighted by Crippen LogP contribution is 2.25. The van der Waals surface area contributed by atoms with Crippen molar-refractivity contribution in [3.05, 3.63) is 35.9 Å². The summed E-state index contributed by atoms with van der Waals surface area (Å²) in [6.45, 7) is 0.590.